The highest BCUT2D eigenvalue weighted by atomic mass is 16.7. The van der Waals surface area contributed by atoms with E-state index < -0.39 is 11.8 Å². The molecule has 1 rings (SSSR count). The first-order chi connectivity index (χ1) is 8.58. The Labute approximate surface area is 108 Å². The summed E-state index contributed by atoms with van der Waals surface area (Å²) in [7, 11) is 0. The number of benzene rings is 1. The van der Waals surface area contributed by atoms with E-state index in [0.29, 0.717) is 12.4 Å². The monoisotopic (exact) mass is 252 g/mol. The molecule has 1 atom stereocenters. The Hall–Kier alpha value is -1.55. The van der Waals surface area contributed by atoms with Gasteiger partial charge in [-0.3, -0.25) is 0 Å². The zero-order valence-corrected chi connectivity index (χ0v) is 10.9. The molecule has 18 heavy (non-hydrogen) atoms. The van der Waals surface area contributed by atoms with Crippen LogP contribution in [-0.2, 0) is 9.53 Å². The number of unbranched alkanes of at least 4 members (excludes halogenated alkanes) is 2. The second-order valence-electron chi connectivity index (χ2n) is 4.22. The number of para-hydroxylation sites is 1. The number of hydrogen-bond donors (Lipinski definition) is 1. The molecule has 4 heteroatoms. The topological polar surface area (TPSA) is 55.8 Å². The Morgan fingerprint density at radius 2 is 1.94 bits per heavy atom. The van der Waals surface area contributed by atoms with Gasteiger partial charge in [0, 0.05) is 6.92 Å². The number of carboxylic acids is 1. The van der Waals surface area contributed by atoms with Crippen molar-refractivity contribution in [3.8, 4) is 5.75 Å². The lowest BCUT2D eigenvalue weighted by atomic mass is 10.2. The molecule has 1 N–H and O–H groups in total. The third-order valence-electron chi connectivity index (χ3n) is 2.57. The average Bonchev–Trinajstić information content (AvgIpc) is 2.36. The first kappa shape index (κ1) is 14.5. The molecule has 0 saturated heterocycles. The SMILES string of the molecule is CCCCCO[C@](C)(Oc1ccccc1)C(=O)O. The summed E-state index contributed by atoms with van der Waals surface area (Å²) < 4.78 is 10.8. The predicted molar refractivity (Wildman–Crippen MR) is 68.6 cm³/mol. The summed E-state index contributed by atoms with van der Waals surface area (Å²) >= 11 is 0. The Balaban J connectivity index is 2.60. The maximum Gasteiger partial charge on any atom is 0.376 e. The number of aliphatic carboxylic acids is 1. The van der Waals surface area contributed by atoms with E-state index in [1.54, 1.807) is 24.3 Å². The third-order valence-corrected chi connectivity index (χ3v) is 2.57. The van der Waals surface area contributed by atoms with E-state index in [1.165, 1.54) is 6.92 Å². The molecule has 0 unspecified atom stereocenters. The highest BCUT2D eigenvalue weighted by molar-refractivity contribution is 5.75. The fourth-order valence-electron chi connectivity index (χ4n) is 1.47. The molecular formula is C14H20O4. The van der Waals surface area contributed by atoms with E-state index in [-0.39, 0.29) is 0 Å². The van der Waals surface area contributed by atoms with Crippen LogP contribution in [0.25, 0.3) is 0 Å². The predicted octanol–water partition coefficient (Wildman–Crippen LogP) is 3.07. The van der Waals surface area contributed by atoms with E-state index in [9.17, 15) is 9.90 Å². The van der Waals surface area contributed by atoms with Gasteiger partial charge in [-0.2, -0.15) is 0 Å². The number of carbonyl (C=O) groups is 1. The van der Waals surface area contributed by atoms with Gasteiger partial charge in [0.15, 0.2) is 0 Å². The molecule has 0 aliphatic heterocycles. The molecule has 0 aromatic heterocycles. The van der Waals surface area contributed by atoms with Gasteiger partial charge in [0.2, 0.25) is 0 Å². The Kier molecular flexibility index (Phi) is 5.65. The molecule has 0 fully saturated rings. The number of rotatable bonds is 8. The molecular weight excluding hydrogens is 232 g/mol. The van der Waals surface area contributed by atoms with E-state index in [1.807, 2.05) is 6.07 Å². The van der Waals surface area contributed by atoms with Crippen molar-refractivity contribution >= 4 is 5.97 Å². The summed E-state index contributed by atoms with van der Waals surface area (Å²) in [6, 6.07) is 8.82. The minimum Gasteiger partial charge on any atom is -0.476 e. The van der Waals surface area contributed by atoms with Crippen molar-refractivity contribution in [2.45, 2.75) is 38.9 Å². The van der Waals surface area contributed by atoms with Crippen molar-refractivity contribution in [2.75, 3.05) is 6.61 Å². The highest BCUT2D eigenvalue weighted by Crippen LogP contribution is 2.20. The van der Waals surface area contributed by atoms with Crippen LogP contribution < -0.4 is 4.74 Å². The minimum atomic E-state index is -1.63. The lowest BCUT2D eigenvalue weighted by molar-refractivity contribution is -0.205. The van der Waals surface area contributed by atoms with Crippen LogP contribution in [-0.4, -0.2) is 23.5 Å². The second-order valence-corrected chi connectivity index (χ2v) is 4.22. The fraction of sp³-hybridized carbons (Fsp3) is 0.500. The molecule has 0 amide bonds. The molecule has 1 aromatic carbocycles. The zero-order chi connectivity index (χ0) is 13.4. The molecule has 0 saturated carbocycles. The van der Waals surface area contributed by atoms with Gasteiger partial charge in [-0.05, 0) is 18.6 Å². The van der Waals surface area contributed by atoms with E-state index in [0.717, 1.165) is 19.3 Å². The number of carboxylic acid groups (broad SMARTS) is 1. The van der Waals surface area contributed by atoms with Crippen LogP contribution in [0.2, 0.25) is 0 Å². The zero-order valence-electron chi connectivity index (χ0n) is 10.9. The molecule has 1 aromatic rings. The van der Waals surface area contributed by atoms with Gasteiger partial charge < -0.3 is 14.6 Å². The normalized spacial score (nSPS) is 13.9. The maximum absolute atomic E-state index is 11.2. The van der Waals surface area contributed by atoms with Gasteiger partial charge in [0.25, 0.3) is 0 Å². The first-order valence-corrected chi connectivity index (χ1v) is 6.20. The summed E-state index contributed by atoms with van der Waals surface area (Å²) in [4.78, 5) is 11.2. The average molecular weight is 252 g/mol. The maximum atomic E-state index is 11.2. The van der Waals surface area contributed by atoms with Crippen molar-refractivity contribution in [2.24, 2.45) is 0 Å². The Bertz CT molecular complexity index is 363. The fourth-order valence-corrected chi connectivity index (χ4v) is 1.47. The van der Waals surface area contributed by atoms with Crippen LogP contribution in [0.5, 0.6) is 5.75 Å². The van der Waals surface area contributed by atoms with Crippen molar-refractivity contribution in [3.05, 3.63) is 30.3 Å². The van der Waals surface area contributed by atoms with Gasteiger partial charge in [-0.15, -0.1) is 0 Å². The van der Waals surface area contributed by atoms with Gasteiger partial charge in [0.1, 0.15) is 5.75 Å². The quantitative estimate of drug-likeness (QED) is 0.570. The van der Waals surface area contributed by atoms with Crippen LogP contribution in [0.3, 0.4) is 0 Å². The van der Waals surface area contributed by atoms with E-state index in [4.69, 9.17) is 9.47 Å². The summed E-state index contributed by atoms with van der Waals surface area (Å²) in [6.07, 6.45) is 2.91. The van der Waals surface area contributed by atoms with Gasteiger partial charge in [-0.25, -0.2) is 4.79 Å². The van der Waals surface area contributed by atoms with Gasteiger partial charge in [-0.1, -0.05) is 38.0 Å². The minimum absolute atomic E-state index is 0.378. The lowest BCUT2D eigenvalue weighted by Gasteiger charge is -2.26. The Morgan fingerprint density at radius 1 is 1.28 bits per heavy atom. The molecule has 0 bridgehead atoms. The molecule has 0 aliphatic carbocycles. The number of hydrogen-bond acceptors (Lipinski definition) is 3. The van der Waals surface area contributed by atoms with Crippen molar-refractivity contribution in [1.82, 2.24) is 0 Å². The number of ether oxygens (including phenoxy) is 2. The summed E-state index contributed by atoms with van der Waals surface area (Å²) in [5, 5.41) is 9.20. The van der Waals surface area contributed by atoms with Crippen LogP contribution in [0, 0.1) is 0 Å². The molecule has 0 heterocycles. The first-order valence-electron chi connectivity index (χ1n) is 6.20. The molecule has 0 radical (unpaired) electrons. The van der Waals surface area contributed by atoms with E-state index in [2.05, 4.69) is 6.92 Å². The van der Waals surface area contributed by atoms with Crippen LogP contribution in [0.15, 0.2) is 30.3 Å². The molecule has 0 spiro atoms. The summed E-state index contributed by atoms with van der Waals surface area (Å²) in [5.74, 6) is -2.27. The van der Waals surface area contributed by atoms with Crippen molar-refractivity contribution in [1.29, 1.82) is 0 Å². The van der Waals surface area contributed by atoms with Crippen molar-refractivity contribution < 1.29 is 19.4 Å². The molecule has 4 nitrogen and oxygen atoms in total. The van der Waals surface area contributed by atoms with Crippen LogP contribution in [0.1, 0.15) is 33.1 Å². The highest BCUT2D eigenvalue weighted by Gasteiger charge is 2.36. The third kappa shape index (κ3) is 4.37. The largest absolute Gasteiger partial charge is 0.476 e. The standard InChI is InChI=1S/C14H20O4/c1-3-4-8-11-17-14(2,13(15)16)18-12-9-6-5-7-10-12/h5-7,9-10H,3-4,8,11H2,1-2H3,(H,15,16)/t14-/m1/s1. The van der Waals surface area contributed by atoms with Crippen LogP contribution in [0.4, 0.5) is 0 Å². The van der Waals surface area contributed by atoms with Crippen LogP contribution >= 0.6 is 0 Å². The second kappa shape index (κ2) is 7.01. The van der Waals surface area contributed by atoms with Crippen molar-refractivity contribution in [3.63, 3.8) is 0 Å². The summed E-state index contributed by atoms with van der Waals surface area (Å²) in [5.41, 5.74) is 0. The smallest absolute Gasteiger partial charge is 0.376 e. The Morgan fingerprint density at radius 3 is 2.50 bits per heavy atom. The van der Waals surface area contributed by atoms with E-state index >= 15 is 0 Å². The van der Waals surface area contributed by atoms with Gasteiger partial charge in [0.05, 0.1) is 6.61 Å². The van der Waals surface area contributed by atoms with Gasteiger partial charge >= 0.3 is 11.8 Å². The summed E-state index contributed by atoms with van der Waals surface area (Å²) in [6.45, 7) is 3.88. The molecule has 0 aliphatic rings. The molecule has 100 valence electrons. The lowest BCUT2D eigenvalue weighted by Crippen LogP contribution is -2.44.